The maximum atomic E-state index is 12.5. The lowest BCUT2D eigenvalue weighted by Gasteiger charge is -2.05. The molecule has 0 aliphatic heterocycles. The van der Waals surface area contributed by atoms with Crippen LogP contribution in [0.4, 0.5) is 0 Å². The first-order valence-corrected chi connectivity index (χ1v) is 10.7. The highest BCUT2D eigenvalue weighted by atomic mass is 16.2. The van der Waals surface area contributed by atoms with E-state index in [1.54, 1.807) is 6.21 Å². The van der Waals surface area contributed by atoms with E-state index >= 15 is 0 Å². The van der Waals surface area contributed by atoms with Gasteiger partial charge in [-0.2, -0.15) is 5.10 Å². The summed E-state index contributed by atoms with van der Waals surface area (Å²) < 4.78 is 2.21. The van der Waals surface area contributed by atoms with Crippen molar-refractivity contribution in [3.05, 3.63) is 120 Å². The third-order valence-electron chi connectivity index (χ3n) is 5.64. The minimum atomic E-state index is -0.134. The average Bonchev–Trinajstić information content (AvgIpc) is 3.17. The zero-order chi connectivity index (χ0) is 21.8. The highest BCUT2D eigenvalue weighted by molar-refractivity contribution is 6.00. The quantitative estimate of drug-likeness (QED) is 0.286. The molecule has 1 heterocycles. The average molecular weight is 418 g/mol. The van der Waals surface area contributed by atoms with E-state index in [4.69, 9.17) is 0 Å². The van der Waals surface area contributed by atoms with E-state index in [0.717, 1.165) is 39.3 Å². The number of hydrogen-bond donors (Lipinski definition) is 1. The molecule has 4 heteroatoms. The fourth-order valence-corrected chi connectivity index (χ4v) is 4.12. The first kappa shape index (κ1) is 19.8. The second-order valence-corrected chi connectivity index (χ2v) is 7.82. The van der Waals surface area contributed by atoms with Crippen molar-refractivity contribution in [3.8, 4) is 0 Å². The second kappa shape index (κ2) is 8.90. The van der Waals surface area contributed by atoms with Crippen molar-refractivity contribution in [2.24, 2.45) is 5.10 Å². The van der Waals surface area contributed by atoms with Gasteiger partial charge in [-0.3, -0.25) is 4.79 Å². The van der Waals surface area contributed by atoms with Crippen molar-refractivity contribution in [1.82, 2.24) is 9.99 Å². The number of aromatic nitrogens is 1. The first-order chi connectivity index (χ1) is 15.8. The predicted octanol–water partition coefficient (Wildman–Crippen LogP) is 5.54. The molecule has 1 aromatic heterocycles. The molecule has 0 fully saturated rings. The fourth-order valence-electron chi connectivity index (χ4n) is 4.12. The van der Waals surface area contributed by atoms with Crippen LogP contribution in [0.15, 0.2) is 108 Å². The summed E-state index contributed by atoms with van der Waals surface area (Å²) in [5.41, 5.74) is 7.03. The summed E-state index contributed by atoms with van der Waals surface area (Å²) in [6.45, 7) is 0.780. The lowest BCUT2D eigenvalue weighted by atomic mass is 10.0. The fraction of sp³-hybridized carbons (Fsp3) is 0.0714. The van der Waals surface area contributed by atoms with E-state index in [1.165, 1.54) is 5.56 Å². The number of hydrogen-bond acceptors (Lipinski definition) is 2. The minimum absolute atomic E-state index is 0.134. The van der Waals surface area contributed by atoms with Crippen LogP contribution in [0.25, 0.3) is 21.7 Å². The van der Waals surface area contributed by atoms with Crippen molar-refractivity contribution < 1.29 is 4.79 Å². The van der Waals surface area contributed by atoms with E-state index in [-0.39, 0.29) is 12.3 Å². The number of fused-ring (bicyclic) bond motifs is 2. The molecule has 0 aliphatic rings. The zero-order valence-electron chi connectivity index (χ0n) is 17.6. The van der Waals surface area contributed by atoms with Crippen LogP contribution in [0.5, 0.6) is 0 Å². The highest BCUT2D eigenvalue weighted by Gasteiger charge is 2.08. The van der Waals surface area contributed by atoms with Crippen LogP contribution in [-0.4, -0.2) is 16.7 Å². The summed E-state index contributed by atoms with van der Waals surface area (Å²) in [6.07, 6.45) is 4.09. The summed E-state index contributed by atoms with van der Waals surface area (Å²) in [5, 5.41) is 7.58. The SMILES string of the molecule is O=C(Cc1cccc2ccccc12)NN=Cc1cn(Cc2ccccc2)c2ccccc12. The molecule has 0 unspecified atom stereocenters. The van der Waals surface area contributed by atoms with Crippen molar-refractivity contribution in [3.63, 3.8) is 0 Å². The number of rotatable bonds is 6. The normalized spacial score (nSPS) is 11.4. The minimum Gasteiger partial charge on any atom is -0.342 e. The Labute approximate surface area is 186 Å². The summed E-state index contributed by atoms with van der Waals surface area (Å²) in [6, 6.07) is 32.7. The first-order valence-electron chi connectivity index (χ1n) is 10.7. The molecule has 5 rings (SSSR count). The molecule has 0 radical (unpaired) electrons. The van der Waals surface area contributed by atoms with E-state index in [9.17, 15) is 4.79 Å². The number of carbonyl (C=O) groups excluding carboxylic acids is 1. The van der Waals surface area contributed by atoms with Crippen LogP contribution in [0, 0.1) is 0 Å². The van der Waals surface area contributed by atoms with Gasteiger partial charge in [-0.15, -0.1) is 0 Å². The molecule has 1 N–H and O–H groups in total. The molecule has 156 valence electrons. The zero-order valence-corrected chi connectivity index (χ0v) is 17.6. The summed E-state index contributed by atoms with van der Waals surface area (Å²) in [4.78, 5) is 12.5. The summed E-state index contributed by atoms with van der Waals surface area (Å²) >= 11 is 0. The number of carbonyl (C=O) groups is 1. The van der Waals surface area contributed by atoms with Crippen LogP contribution < -0.4 is 5.43 Å². The number of amides is 1. The monoisotopic (exact) mass is 417 g/mol. The molecule has 0 atom stereocenters. The molecule has 0 spiro atoms. The van der Waals surface area contributed by atoms with Crippen molar-refractivity contribution in [1.29, 1.82) is 0 Å². The molecule has 32 heavy (non-hydrogen) atoms. The number of benzene rings is 4. The van der Waals surface area contributed by atoms with Crippen molar-refractivity contribution in [2.45, 2.75) is 13.0 Å². The van der Waals surface area contributed by atoms with Crippen LogP contribution in [0.2, 0.25) is 0 Å². The Morgan fingerprint density at radius 1 is 0.812 bits per heavy atom. The lowest BCUT2D eigenvalue weighted by Crippen LogP contribution is -2.19. The smallest absolute Gasteiger partial charge is 0.244 e. The molecule has 4 aromatic carbocycles. The van der Waals surface area contributed by atoms with E-state index in [0.29, 0.717) is 0 Å². The Bertz CT molecular complexity index is 1410. The van der Waals surface area contributed by atoms with E-state index in [1.807, 2.05) is 48.5 Å². The van der Waals surface area contributed by atoms with Crippen molar-refractivity contribution >= 4 is 33.8 Å². The van der Waals surface area contributed by atoms with Crippen LogP contribution in [0.1, 0.15) is 16.7 Å². The molecule has 0 saturated carbocycles. The molecule has 5 aromatic rings. The van der Waals surface area contributed by atoms with Gasteiger partial charge in [-0.05, 0) is 28.0 Å². The molecule has 4 nitrogen and oxygen atoms in total. The van der Waals surface area contributed by atoms with Gasteiger partial charge in [-0.25, -0.2) is 5.43 Å². The van der Waals surface area contributed by atoms with E-state index in [2.05, 4.69) is 69.8 Å². The third-order valence-corrected chi connectivity index (χ3v) is 5.64. The lowest BCUT2D eigenvalue weighted by molar-refractivity contribution is -0.120. The topological polar surface area (TPSA) is 46.4 Å². The molecule has 1 amide bonds. The molecular formula is C28H23N3O. The molecule has 0 aliphatic carbocycles. The number of nitrogens with one attached hydrogen (secondary N) is 1. The van der Waals surface area contributed by atoms with Crippen molar-refractivity contribution in [2.75, 3.05) is 0 Å². The molecule has 0 bridgehead atoms. The Hall–Kier alpha value is -4.18. The van der Waals surface area contributed by atoms with Gasteiger partial charge in [0.25, 0.3) is 0 Å². The van der Waals surface area contributed by atoms with Crippen LogP contribution >= 0.6 is 0 Å². The standard InChI is InChI=1S/C28H23N3O/c32-28(17-23-13-8-12-22-11-4-5-14-25(22)23)30-29-18-24-20-31(19-21-9-2-1-3-10-21)27-16-7-6-15-26(24)27/h1-16,18,20H,17,19H2,(H,30,32). The van der Waals surface area contributed by atoms with E-state index < -0.39 is 0 Å². The van der Waals surface area contributed by atoms with Gasteiger partial charge >= 0.3 is 0 Å². The predicted molar refractivity (Wildman–Crippen MR) is 131 cm³/mol. The molecule has 0 saturated heterocycles. The maximum Gasteiger partial charge on any atom is 0.244 e. The van der Waals surface area contributed by atoms with Gasteiger partial charge in [0.2, 0.25) is 5.91 Å². The Morgan fingerprint density at radius 2 is 1.53 bits per heavy atom. The van der Waals surface area contributed by atoms with Crippen LogP contribution in [0.3, 0.4) is 0 Å². The van der Waals surface area contributed by atoms with Gasteiger partial charge < -0.3 is 4.57 Å². The Balaban J connectivity index is 1.33. The van der Waals surface area contributed by atoms with Gasteiger partial charge in [-0.1, -0.05) is 91.0 Å². The third kappa shape index (κ3) is 4.16. The van der Waals surface area contributed by atoms with Gasteiger partial charge in [0.15, 0.2) is 0 Å². The second-order valence-electron chi connectivity index (χ2n) is 7.82. The van der Waals surface area contributed by atoms with Gasteiger partial charge in [0.05, 0.1) is 12.6 Å². The Kier molecular flexibility index (Phi) is 5.50. The van der Waals surface area contributed by atoms with Gasteiger partial charge in [0, 0.05) is 29.2 Å². The summed E-state index contributed by atoms with van der Waals surface area (Å²) in [7, 11) is 0. The Morgan fingerprint density at radius 3 is 2.41 bits per heavy atom. The van der Waals surface area contributed by atoms with Crippen LogP contribution in [-0.2, 0) is 17.8 Å². The van der Waals surface area contributed by atoms with Gasteiger partial charge in [0.1, 0.15) is 0 Å². The largest absolute Gasteiger partial charge is 0.342 e. The number of nitrogens with zero attached hydrogens (tertiary/aromatic N) is 2. The highest BCUT2D eigenvalue weighted by Crippen LogP contribution is 2.21. The summed E-state index contributed by atoms with van der Waals surface area (Å²) in [5.74, 6) is -0.134. The molecular weight excluding hydrogens is 394 g/mol. The number of hydrazone groups is 1. The maximum absolute atomic E-state index is 12.5. The number of para-hydroxylation sites is 1.